The molecular weight excluding hydrogens is 284 g/mol. The number of benzene rings is 1. The monoisotopic (exact) mass is 309 g/mol. The Hall–Kier alpha value is -1.21. The number of nitrogens with zero attached hydrogens (tertiary/aromatic N) is 2. The predicted octanol–water partition coefficient (Wildman–Crippen LogP) is 2.15. The average Bonchev–Trinajstić information content (AvgIpc) is 2.88. The van der Waals surface area contributed by atoms with Crippen LogP contribution in [0.4, 0.5) is 0 Å². The van der Waals surface area contributed by atoms with Gasteiger partial charge in [-0.3, -0.25) is 0 Å². The number of fused-ring (bicyclic) bond motifs is 1. The summed E-state index contributed by atoms with van der Waals surface area (Å²) in [7, 11) is 2.30. The number of imidazole rings is 1. The Morgan fingerprint density at radius 3 is 2.38 bits per heavy atom. The van der Waals surface area contributed by atoms with Gasteiger partial charge in [-0.15, -0.1) is 0 Å². The number of aryl methyl sites for hydroxylation is 1. The highest BCUT2D eigenvalue weighted by molar-refractivity contribution is 6.58. The number of hydrogen-bond donors (Lipinski definition) is 0. The summed E-state index contributed by atoms with van der Waals surface area (Å²) >= 11 is 0. The molecule has 0 radical (unpaired) electrons. The maximum Gasteiger partial charge on any atom is 0.544 e. The normalized spacial score (nSPS) is 12.2. The van der Waals surface area contributed by atoms with E-state index >= 15 is 0 Å². The molecule has 0 aliphatic carbocycles. The second-order valence-corrected chi connectivity index (χ2v) is 7.98. The van der Waals surface area contributed by atoms with Crippen LogP contribution in [-0.4, -0.2) is 34.7 Å². The first-order chi connectivity index (χ1) is 10.2. The van der Waals surface area contributed by atoms with Crippen molar-refractivity contribution in [2.45, 2.75) is 32.5 Å². The molecule has 1 aromatic heterocycles. The van der Waals surface area contributed by atoms with Gasteiger partial charge in [0.1, 0.15) is 0 Å². The molecule has 0 spiro atoms. The molecule has 116 valence electrons. The van der Waals surface area contributed by atoms with Crippen molar-refractivity contribution in [1.29, 1.82) is 0 Å². The Labute approximate surface area is 127 Å². The zero-order chi connectivity index (χ0) is 15.3. The number of aromatic nitrogens is 2. The lowest BCUT2D eigenvalue weighted by atomic mass is 10.3. The van der Waals surface area contributed by atoms with Crippen molar-refractivity contribution in [2.24, 2.45) is 0 Å². The number of hydrogen-bond acceptors (Lipinski definition) is 3. The third-order valence-corrected chi connectivity index (χ3v) is 6.42. The summed E-state index contributed by atoms with van der Waals surface area (Å²) in [5.41, 5.74) is 2.41. The Balaban J connectivity index is 2.39. The van der Waals surface area contributed by atoms with Crippen LogP contribution in [0.2, 0.25) is 0 Å². The fraction of sp³-hybridized carbons (Fsp3) is 0.533. The summed E-state index contributed by atoms with van der Waals surface area (Å²) in [6.07, 6.45) is 5.09. The summed E-state index contributed by atoms with van der Waals surface area (Å²) in [5.74, 6) is 0. The molecule has 1 heterocycles. The van der Waals surface area contributed by atoms with Crippen molar-refractivity contribution >= 4 is 19.8 Å². The molecule has 0 amide bonds. The topological polar surface area (TPSA) is 36.5 Å². The van der Waals surface area contributed by atoms with E-state index in [1.807, 2.05) is 0 Å². The fourth-order valence-corrected chi connectivity index (χ4v) is 4.08. The summed E-state index contributed by atoms with van der Waals surface area (Å²) in [4.78, 5) is 0. The van der Waals surface area contributed by atoms with E-state index in [0.717, 1.165) is 6.54 Å². The molecule has 0 fully saturated rings. The van der Waals surface area contributed by atoms with Crippen LogP contribution in [0.1, 0.15) is 19.8 Å². The maximum absolute atomic E-state index is 5.54. The molecule has 0 unspecified atom stereocenters. The molecule has 5 nitrogen and oxygen atoms in total. The first-order valence-corrected chi connectivity index (χ1v) is 9.25. The van der Waals surface area contributed by atoms with Gasteiger partial charge in [0.25, 0.3) is 0 Å². The van der Waals surface area contributed by atoms with Gasteiger partial charge in [0.2, 0.25) is 6.33 Å². The Morgan fingerprint density at radius 1 is 1.10 bits per heavy atom. The van der Waals surface area contributed by atoms with Gasteiger partial charge in [-0.05, 0) is 18.6 Å². The van der Waals surface area contributed by atoms with Crippen molar-refractivity contribution in [3.05, 3.63) is 30.6 Å². The van der Waals surface area contributed by atoms with Crippen molar-refractivity contribution in [3.8, 4) is 0 Å². The Bertz CT molecular complexity index is 573. The van der Waals surface area contributed by atoms with Crippen LogP contribution in [0.3, 0.4) is 0 Å². The highest BCUT2D eigenvalue weighted by Gasteiger charge is 2.42. The molecule has 0 N–H and O–H groups in total. The highest BCUT2D eigenvalue weighted by Crippen LogP contribution is 2.14. The molecule has 0 aliphatic heterocycles. The van der Waals surface area contributed by atoms with Crippen LogP contribution in [0.5, 0.6) is 0 Å². The minimum Gasteiger partial charge on any atom is -0.375 e. The van der Waals surface area contributed by atoms with Crippen LogP contribution in [0.25, 0.3) is 11.0 Å². The lowest BCUT2D eigenvalue weighted by molar-refractivity contribution is -0.660. The molecule has 2 rings (SSSR count). The van der Waals surface area contributed by atoms with Gasteiger partial charge < -0.3 is 13.3 Å². The molecule has 2 aromatic rings. The first kappa shape index (κ1) is 16.2. The molecule has 21 heavy (non-hydrogen) atoms. The molecule has 0 saturated heterocycles. The average molecular weight is 309 g/mol. The predicted molar refractivity (Wildman–Crippen MR) is 83.8 cm³/mol. The molecular formula is C15H25N2O3Si+. The number of para-hydroxylation sites is 2. The Morgan fingerprint density at radius 2 is 1.76 bits per heavy atom. The quantitative estimate of drug-likeness (QED) is 0.554. The third-order valence-electron chi connectivity index (χ3n) is 3.83. The smallest absolute Gasteiger partial charge is 0.375 e. The van der Waals surface area contributed by atoms with Gasteiger partial charge in [0.05, 0.1) is 6.54 Å². The van der Waals surface area contributed by atoms with E-state index in [1.165, 1.54) is 23.9 Å². The largest absolute Gasteiger partial charge is 0.544 e. The van der Waals surface area contributed by atoms with E-state index in [4.69, 9.17) is 13.3 Å². The van der Waals surface area contributed by atoms with Gasteiger partial charge in [-0.1, -0.05) is 25.5 Å². The van der Waals surface area contributed by atoms with E-state index in [0.29, 0.717) is 6.17 Å². The lowest BCUT2D eigenvalue weighted by Gasteiger charge is -2.22. The van der Waals surface area contributed by atoms with Crippen LogP contribution in [0.15, 0.2) is 30.6 Å². The standard InChI is InChI=1S/C15H25N2O3Si/c1-5-6-11-16-12-17(13-21(18-2,19-3)20-4)15-10-8-7-9-14(15)16/h7-10,12H,5-6,11,13H2,1-4H3/q+1. The molecule has 0 bridgehead atoms. The molecule has 1 aromatic carbocycles. The first-order valence-electron chi connectivity index (χ1n) is 7.32. The van der Waals surface area contributed by atoms with Crippen LogP contribution >= 0.6 is 0 Å². The highest BCUT2D eigenvalue weighted by atomic mass is 28.4. The van der Waals surface area contributed by atoms with E-state index < -0.39 is 8.80 Å². The maximum atomic E-state index is 5.54. The third kappa shape index (κ3) is 3.34. The van der Waals surface area contributed by atoms with Gasteiger partial charge in [0, 0.05) is 21.3 Å². The van der Waals surface area contributed by atoms with Gasteiger partial charge in [-0.25, -0.2) is 9.13 Å². The summed E-state index contributed by atoms with van der Waals surface area (Å²) in [6, 6.07) is 8.40. The minimum absolute atomic E-state index is 0.607. The molecule has 0 aliphatic rings. The van der Waals surface area contributed by atoms with Crippen LogP contribution in [-0.2, 0) is 26.0 Å². The fourth-order valence-electron chi connectivity index (χ4n) is 2.53. The number of unbranched alkanes of at least 4 members (excludes halogenated alkanes) is 1. The van der Waals surface area contributed by atoms with Gasteiger partial charge in [-0.2, -0.15) is 0 Å². The molecule has 0 saturated carbocycles. The zero-order valence-electron chi connectivity index (χ0n) is 13.3. The number of rotatable bonds is 8. The van der Waals surface area contributed by atoms with Crippen LogP contribution < -0.4 is 4.57 Å². The van der Waals surface area contributed by atoms with Crippen molar-refractivity contribution in [2.75, 3.05) is 21.3 Å². The molecule has 6 heteroatoms. The van der Waals surface area contributed by atoms with Gasteiger partial charge >= 0.3 is 8.80 Å². The summed E-state index contributed by atoms with van der Waals surface area (Å²) in [6.45, 7) is 3.23. The zero-order valence-corrected chi connectivity index (χ0v) is 14.3. The van der Waals surface area contributed by atoms with Crippen molar-refractivity contribution in [3.63, 3.8) is 0 Å². The second-order valence-electron chi connectivity index (χ2n) is 5.07. The summed E-state index contributed by atoms with van der Waals surface area (Å²) < 4.78 is 21.1. The lowest BCUT2D eigenvalue weighted by Crippen LogP contribution is -2.56. The van der Waals surface area contributed by atoms with Gasteiger partial charge in [0.15, 0.2) is 17.2 Å². The molecule has 0 atom stereocenters. The van der Waals surface area contributed by atoms with Crippen LogP contribution in [0, 0.1) is 0 Å². The second kappa shape index (κ2) is 7.17. The summed E-state index contributed by atoms with van der Waals surface area (Å²) in [5, 5.41) is 0. The van der Waals surface area contributed by atoms with Crippen molar-refractivity contribution in [1.82, 2.24) is 4.57 Å². The van der Waals surface area contributed by atoms with E-state index in [-0.39, 0.29) is 0 Å². The minimum atomic E-state index is -2.64. The van der Waals surface area contributed by atoms with E-state index in [2.05, 4.69) is 46.7 Å². The van der Waals surface area contributed by atoms with E-state index in [1.54, 1.807) is 21.3 Å². The SMILES string of the molecule is CCCCn1c[n+](C[Si](OC)(OC)OC)c2ccccc21. The van der Waals surface area contributed by atoms with E-state index in [9.17, 15) is 0 Å². The Kier molecular flexibility index (Phi) is 5.52. The van der Waals surface area contributed by atoms with Crippen molar-refractivity contribution < 1.29 is 17.8 Å².